The summed E-state index contributed by atoms with van der Waals surface area (Å²) < 4.78 is 1.41. The molecule has 15 heavy (non-hydrogen) atoms. The van der Waals surface area contributed by atoms with Crippen LogP contribution in [0.15, 0.2) is 17.1 Å². The molecule has 1 aromatic rings. The fourth-order valence-corrected chi connectivity index (χ4v) is 1.28. The Kier molecular flexibility index (Phi) is 3.92. The Bertz CT molecular complexity index is 428. The average Bonchev–Trinajstić information content (AvgIpc) is 2.24. The minimum atomic E-state index is -0.251. The van der Waals surface area contributed by atoms with Crippen molar-refractivity contribution in [2.45, 2.75) is 19.8 Å². The lowest BCUT2D eigenvalue weighted by atomic mass is 10.2. The number of pyridine rings is 1. The van der Waals surface area contributed by atoms with Crippen LogP contribution in [0.4, 0.5) is 5.69 Å². The van der Waals surface area contributed by atoms with Crippen molar-refractivity contribution >= 4 is 5.69 Å². The fourth-order valence-electron chi connectivity index (χ4n) is 1.28. The molecule has 0 atom stereocenters. The zero-order valence-electron chi connectivity index (χ0n) is 9.08. The number of unbranched alkanes of at least 4 members (excludes halogenated alkanes) is 1. The third kappa shape index (κ3) is 2.59. The van der Waals surface area contributed by atoms with E-state index < -0.39 is 0 Å². The Hall–Kier alpha value is -1.76. The van der Waals surface area contributed by atoms with Gasteiger partial charge in [0.2, 0.25) is 0 Å². The van der Waals surface area contributed by atoms with Crippen LogP contribution in [-0.4, -0.2) is 11.1 Å². The summed E-state index contributed by atoms with van der Waals surface area (Å²) in [6, 6.07) is 3.70. The monoisotopic (exact) mass is 205 g/mol. The molecule has 0 bridgehead atoms. The molecule has 0 fully saturated rings. The average molecular weight is 205 g/mol. The van der Waals surface area contributed by atoms with Gasteiger partial charge in [0, 0.05) is 19.8 Å². The smallest absolute Gasteiger partial charge is 0.270 e. The minimum Gasteiger partial charge on any atom is -0.384 e. The molecule has 0 unspecified atom stereocenters. The van der Waals surface area contributed by atoms with E-state index in [1.165, 1.54) is 4.57 Å². The maximum atomic E-state index is 11.6. The van der Waals surface area contributed by atoms with E-state index in [4.69, 9.17) is 5.26 Å². The largest absolute Gasteiger partial charge is 0.384 e. The molecular formula is C11H15N3O. The highest BCUT2D eigenvalue weighted by Gasteiger charge is 2.06. The Morgan fingerprint density at radius 2 is 2.33 bits per heavy atom. The van der Waals surface area contributed by atoms with Gasteiger partial charge in [0.25, 0.3) is 5.56 Å². The standard InChI is InChI=1S/C11H15N3O/c1-3-4-6-13-10-5-7-14(2)11(15)9(10)8-12/h5,7,13H,3-4,6H2,1-2H3. The van der Waals surface area contributed by atoms with Gasteiger partial charge in [-0.1, -0.05) is 13.3 Å². The summed E-state index contributed by atoms with van der Waals surface area (Å²) in [6.07, 6.45) is 3.78. The van der Waals surface area contributed by atoms with Gasteiger partial charge < -0.3 is 9.88 Å². The first-order valence-electron chi connectivity index (χ1n) is 5.04. The second-order valence-electron chi connectivity index (χ2n) is 3.41. The van der Waals surface area contributed by atoms with Gasteiger partial charge in [0.05, 0.1) is 5.69 Å². The van der Waals surface area contributed by atoms with Crippen molar-refractivity contribution < 1.29 is 0 Å². The summed E-state index contributed by atoms with van der Waals surface area (Å²) >= 11 is 0. The summed E-state index contributed by atoms with van der Waals surface area (Å²) in [7, 11) is 1.64. The molecule has 0 radical (unpaired) electrons. The summed E-state index contributed by atoms with van der Waals surface area (Å²) in [6.45, 7) is 2.88. The Labute approximate surface area is 89.2 Å². The van der Waals surface area contributed by atoms with E-state index in [-0.39, 0.29) is 11.1 Å². The van der Waals surface area contributed by atoms with E-state index in [1.54, 1.807) is 19.3 Å². The molecule has 0 aliphatic heterocycles. The van der Waals surface area contributed by atoms with Gasteiger partial charge >= 0.3 is 0 Å². The number of aromatic nitrogens is 1. The molecule has 1 N–H and O–H groups in total. The highest BCUT2D eigenvalue weighted by molar-refractivity contribution is 5.55. The van der Waals surface area contributed by atoms with Gasteiger partial charge in [-0.2, -0.15) is 5.26 Å². The lowest BCUT2D eigenvalue weighted by Gasteiger charge is -2.07. The van der Waals surface area contributed by atoms with Crippen molar-refractivity contribution in [2.75, 3.05) is 11.9 Å². The number of hydrogen-bond acceptors (Lipinski definition) is 3. The molecule has 0 aromatic carbocycles. The van der Waals surface area contributed by atoms with Crippen molar-refractivity contribution in [3.8, 4) is 6.07 Å². The van der Waals surface area contributed by atoms with Crippen LogP contribution < -0.4 is 10.9 Å². The zero-order valence-corrected chi connectivity index (χ0v) is 9.08. The van der Waals surface area contributed by atoms with E-state index in [2.05, 4.69) is 12.2 Å². The molecule has 1 heterocycles. The van der Waals surface area contributed by atoms with Crippen LogP contribution in [0, 0.1) is 11.3 Å². The predicted octanol–water partition coefficient (Wildman–Crippen LogP) is 1.47. The number of hydrogen-bond donors (Lipinski definition) is 1. The maximum absolute atomic E-state index is 11.6. The van der Waals surface area contributed by atoms with Crippen molar-refractivity contribution in [1.29, 1.82) is 5.26 Å². The number of nitriles is 1. The molecule has 0 saturated heterocycles. The highest BCUT2D eigenvalue weighted by atomic mass is 16.1. The third-order valence-corrected chi connectivity index (χ3v) is 2.23. The van der Waals surface area contributed by atoms with Gasteiger partial charge in [-0.25, -0.2) is 0 Å². The molecule has 0 amide bonds. The lowest BCUT2D eigenvalue weighted by molar-refractivity contribution is 0.826. The zero-order chi connectivity index (χ0) is 11.3. The van der Waals surface area contributed by atoms with Crippen molar-refractivity contribution in [3.63, 3.8) is 0 Å². The summed E-state index contributed by atoms with van der Waals surface area (Å²) in [4.78, 5) is 11.6. The molecule has 80 valence electrons. The normalized spacial score (nSPS) is 9.67. The first kappa shape index (κ1) is 11.3. The molecule has 4 heteroatoms. The van der Waals surface area contributed by atoms with Crippen LogP contribution in [0.5, 0.6) is 0 Å². The first-order chi connectivity index (χ1) is 7.20. The quantitative estimate of drug-likeness (QED) is 0.757. The van der Waals surface area contributed by atoms with Crippen molar-refractivity contribution in [2.24, 2.45) is 7.05 Å². The summed E-state index contributed by atoms with van der Waals surface area (Å²) in [5.74, 6) is 0. The maximum Gasteiger partial charge on any atom is 0.270 e. The van der Waals surface area contributed by atoms with E-state index >= 15 is 0 Å². The molecule has 1 aromatic heterocycles. The van der Waals surface area contributed by atoms with E-state index in [1.807, 2.05) is 6.07 Å². The summed E-state index contributed by atoms with van der Waals surface area (Å²) in [5, 5.41) is 12.0. The summed E-state index contributed by atoms with van der Waals surface area (Å²) in [5.41, 5.74) is 0.573. The number of anilines is 1. The topological polar surface area (TPSA) is 57.8 Å². The molecule has 0 saturated carbocycles. The second kappa shape index (κ2) is 5.20. The molecular weight excluding hydrogens is 190 g/mol. The van der Waals surface area contributed by atoms with Crippen LogP contribution in [0.2, 0.25) is 0 Å². The molecule has 0 aliphatic carbocycles. The predicted molar refractivity (Wildman–Crippen MR) is 59.8 cm³/mol. The Morgan fingerprint density at radius 1 is 1.60 bits per heavy atom. The van der Waals surface area contributed by atoms with Crippen LogP contribution in [-0.2, 0) is 7.05 Å². The van der Waals surface area contributed by atoms with Crippen molar-refractivity contribution in [3.05, 3.63) is 28.2 Å². The van der Waals surface area contributed by atoms with Crippen LogP contribution in [0.25, 0.3) is 0 Å². The number of nitrogens with zero attached hydrogens (tertiary/aromatic N) is 2. The van der Waals surface area contributed by atoms with Gasteiger partial charge in [0.1, 0.15) is 11.6 Å². The highest BCUT2D eigenvalue weighted by Crippen LogP contribution is 2.09. The Morgan fingerprint density at radius 3 is 2.93 bits per heavy atom. The van der Waals surface area contributed by atoms with E-state index in [9.17, 15) is 4.79 Å². The number of rotatable bonds is 4. The fraction of sp³-hybridized carbons (Fsp3) is 0.455. The van der Waals surface area contributed by atoms with Crippen LogP contribution in [0.3, 0.4) is 0 Å². The van der Waals surface area contributed by atoms with Crippen LogP contribution >= 0.6 is 0 Å². The van der Waals surface area contributed by atoms with Gasteiger partial charge in [0.15, 0.2) is 0 Å². The van der Waals surface area contributed by atoms with E-state index in [0.29, 0.717) is 5.69 Å². The molecule has 1 rings (SSSR count). The lowest BCUT2D eigenvalue weighted by Crippen LogP contribution is -2.21. The van der Waals surface area contributed by atoms with E-state index in [0.717, 1.165) is 19.4 Å². The molecule has 4 nitrogen and oxygen atoms in total. The second-order valence-corrected chi connectivity index (χ2v) is 3.41. The molecule has 0 aliphatic rings. The Balaban J connectivity index is 2.94. The SMILES string of the molecule is CCCCNc1ccn(C)c(=O)c1C#N. The first-order valence-corrected chi connectivity index (χ1v) is 5.04. The number of aryl methyl sites for hydroxylation is 1. The van der Waals surface area contributed by atoms with Crippen molar-refractivity contribution in [1.82, 2.24) is 4.57 Å². The third-order valence-electron chi connectivity index (χ3n) is 2.23. The van der Waals surface area contributed by atoms with Crippen LogP contribution in [0.1, 0.15) is 25.3 Å². The van der Waals surface area contributed by atoms with Gasteiger partial charge in [-0.15, -0.1) is 0 Å². The minimum absolute atomic E-state index is 0.191. The molecule has 0 spiro atoms. The van der Waals surface area contributed by atoms with Gasteiger partial charge in [-0.05, 0) is 12.5 Å². The number of nitrogens with one attached hydrogen (secondary N) is 1. The van der Waals surface area contributed by atoms with Gasteiger partial charge in [-0.3, -0.25) is 4.79 Å².